The van der Waals surface area contributed by atoms with Gasteiger partial charge in [-0.15, -0.1) is 0 Å². The Morgan fingerprint density at radius 1 is 1.08 bits per heavy atom. The molecule has 0 unspecified atom stereocenters. The molecule has 0 amide bonds. The number of halogens is 4. The summed E-state index contributed by atoms with van der Waals surface area (Å²) in [5, 5.41) is 6.24. The molecule has 1 aliphatic rings. The summed E-state index contributed by atoms with van der Waals surface area (Å²) in [6.45, 7) is 2.62. The van der Waals surface area contributed by atoms with E-state index in [1.807, 2.05) is 18.2 Å². The van der Waals surface area contributed by atoms with E-state index < -0.39 is 23.9 Å². The number of aromatic nitrogens is 5. The molecule has 1 aliphatic heterocycles. The van der Waals surface area contributed by atoms with Crippen molar-refractivity contribution in [1.29, 1.82) is 0 Å². The summed E-state index contributed by atoms with van der Waals surface area (Å²) in [5.74, 6) is 0.0187. The second-order valence-corrected chi connectivity index (χ2v) is 9.11. The molecule has 0 saturated heterocycles. The van der Waals surface area contributed by atoms with E-state index in [9.17, 15) is 22.4 Å². The van der Waals surface area contributed by atoms with E-state index in [0.717, 1.165) is 29.8 Å². The Kier molecular flexibility index (Phi) is 5.78. The predicted octanol–water partition coefficient (Wildman–Crippen LogP) is 4.13. The number of pyridine rings is 1. The van der Waals surface area contributed by atoms with Crippen molar-refractivity contribution in [3.63, 3.8) is 0 Å². The molecule has 0 fully saturated rings. The zero-order valence-corrected chi connectivity index (χ0v) is 19.5. The molecule has 2 N–H and O–H groups in total. The van der Waals surface area contributed by atoms with Crippen LogP contribution >= 0.6 is 0 Å². The summed E-state index contributed by atoms with van der Waals surface area (Å²) in [7, 11) is 0. The lowest BCUT2D eigenvalue weighted by atomic mass is 10.0. The van der Waals surface area contributed by atoms with E-state index in [4.69, 9.17) is 0 Å². The molecule has 4 aromatic rings. The Morgan fingerprint density at radius 2 is 1.89 bits per heavy atom. The van der Waals surface area contributed by atoms with Crippen molar-refractivity contribution in [1.82, 2.24) is 29.6 Å². The molecule has 0 spiro atoms. The van der Waals surface area contributed by atoms with E-state index in [1.165, 1.54) is 43.8 Å². The van der Waals surface area contributed by atoms with Crippen LogP contribution in [-0.2, 0) is 25.2 Å². The largest absolute Gasteiger partial charge is 0.408 e. The average molecular weight is 501 g/mol. The van der Waals surface area contributed by atoms with Gasteiger partial charge in [-0.1, -0.05) is 12.1 Å². The zero-order valence-electron chi connectivity index (χ0n) is 19.5. The van der Waals surface area contributed by atoms with Crippen LogP contribution in [0.3, 0.4) is 0 Å². The Hall–Kier alpha value is -3.80. The van der Waals surface area contributed by atoms with Gasteiger partial charge in [-0.2, -0.15) is 18.2 Å². The second-order valence-electron chi connectivity index (χ2n) is 9.11. The van der Waals surface area contributed by atoms with Gasteiger partial charge in [-0.3, -0.25) is 4.79 Å². The van der Waals surface area contributed by atoms with E-state index in [-0.39, 0.29) is 28.5 Å². The van der Waals surface area contributed by atoms with Crippen LogP contribution in [0.15, 0.2) is 47.4 Å². The van der Waals surface area contributed by atoms with Crippen molar-refractivity contribution in [3.05, 3.63) is 69.8 Å². The summed E-state index contributed by atoms with van der Waals surface area (Å²) in [4.78, 5) is 25.7. The first-order chi connectivity index (χ1) is 17.0. The number of nitrogens with zero attached hydrogens (tertiary/aromatic N) is 5. The van der Waals surface area contributed by atoms with Gasteiger partial charge in [0.25, 0.3) is 5.56 Å². The molecular formula is C24H23F4N7O. The van der Waals surface area contributed by atoms with Crippen molar-refractivity contribution in [3.8, 4) is 5.82 Å². The van der Waals surface area contributed by atoms with Crippen molar-refractivity contribution in [2.45, 2.75) is 45.2 Å². The number of rotatable bonds is 5. The van der Waals surface area contributed by atoms with Crippen molar-refractivity contribution < 1.29 is 17.6 Å². The third-order valence-electron chi connectivity index (χ3n) is 5.91. The fourth-order valence-electron chi connectivity index (χ4n) is 4.19. The van der Waals surface area contributed by atoms with Gasteiger partial charge in [-0.05, 0) is 62.2 Å². The van der Waals surface area contributed by atoms with Gasteiger partial charge in [0.1, 0.15) is 17.6 Å². The van der Waals surface area contributed by atoms with Crippen LogP contribution in [-0.4, -0.2) is 37.0 Å². The Bertz CT molecular complexity index is 1500. The minimum atomic E-state index is -4.70. The Balaban J connectivity index is 1.64. The highest BCUT2D eigenvalue weighted by molar-refractivity contribution is 5.77. The molecule has 0 aliphatic carbocycles. The first-order valence-corrected chi connectivity index (χ1v) is 11.3. The standard InChI is InChI=1S/C24H23F4N7O/c1-23(2,25)18-4-3-5-19(32-18)35-20-17(21(36)34(35)13-24(26,27)28)12-30-22(33-20)31-16-7-6-14-8-9-29-11-15(14)10-16/h3-7,10,12,29H,8-9,11,13H2,1-2H3,(H,30,31,33). The van der Waals surface area contributed by atoms with Gasteiger partial charge in [0.15, 0.2) is 11.5 Å². The van der Waals surface area contributed by atoms with Crippen LogP contribution in [0, 0.1) is 0 Å². The number of nitrogens with one attached hydrogen (secondary N) is 2. The van der Waals surface area contributed by atoms with Crippen molar-refractivity contribution in [2.75, 3.05) is 11.9 Å². The second kappa shape index (κ2) is 8.70. The van der Waals surface area contributed by atoms with Crippen molar-refractivity contribution in [2.24, 2.45) is 0 Å². The lowest BCUT2D eigenvalue weighted by Crippen LogP contribution is -2.30. The molecule has 5 rings (SSSR count). The summed E-state index contributed by atoms with van der Waals surface area (Å²) >= 11 is 0. The highest BCUT2D eigenvalue weighted by atomic mass is 19.4. The number of hydrogen-bond acceptors (Lipinski definition) is 6. The number of alkyl halides is 4. The van der Waals surface area contributed by atoms with E-state index >= 15 is 0 Å². The monoisotopic (exact) mass is 501 g/mol. The molecular weight excluding hydrogens is 478 g/mol. The molecule has 36 heavy (non-hydrogen) atoms. The first-order valence-electron chi connectivity index (χ1n) is 11.3. The average Bonchev–Trinajstić information content (AvgIpc) is 3.08. The fourth-order valence-corrected chi connectivity index (χ4v) is 4.19. The van der Waals surface area contributed by atoms with Crippen LogP contribution in [0.25, 0.3) is 16.9 Å². The lowest BCUT2D eigenvalue weighted by molar-refractivity contribution is -0.144. The normalized spacial score (nSPS) is 14.2. The summed E-state index contributed by atoms with van der Waals surface area (Å²) in [6, 6.07) is 10.1. The maximum Gasteiger partial charge on any atom is 0.408 e. The SMILES string of the molecule is CC(C)(F)c1cccc(-n2c3nc(Nc4ccc5c(c4)CNCC5)ncc3c(=O)n2CC(F)(F)F)n1. The van der Waals surface area contributed by atoms with Gasteiger partial charge in [0.2, 0.25) is 5.95 Å². The van der Waals surface area contributed by atoms with Crippen LogP contribution in [0.2, 0.25) is 0 Å². The van der Waals surface area contributed by atoms with Crippen LogP contribution in [0.1, 0.15) is 30.7 Å². The minimum Gasteiger partial charge on any atom is -0.324 e. The molecule has 0 bridgehead atoms. The number of hydrogen-bond donors (Lipinski definition) is 2. The summed E-state index contributed by atoms with van der Waals surface area (Å²) in [5.41, 5.74) is 0.189. The maximum atomic E-state index is 14.6. The molecule has 0 saturated carbocycles. The molecule has 188 valence electrons. The number of anilines is 2. The van der Waals surface area contributed by atoms with Crippen LogP contribution < -0.4 is 16.2 Å². The first kappa shape index (κ1) is 23.9. The third kappa shape index (κ3) is 4.68. The van der Waals surface area contributed by atoms with E-state index in [2.05, 4.69) is 25.6 Å². The fraction of sp³-hybridized carbons (Fsp3) is 0.333. The highest BCUT2D eigenvalue weighted by Gasteiger charge is 2.32. The third-order valence-corrected chi connectivity index (χ3v) is 5.91. The molecule has 1 aromatic carbocycles. The van der Waals surface area contributed by atoms with Gasteiger partial charge >= 0.3 is 6.18 Å². The summed E-state index contributed by atoms with van der Waals surface area (Å²) in [6.07, 6.45) is -2.60. The lowest BCUT2D eigenvalue weighted by Gasteiger charge is -2.18. The van der Waals surface area contributed by atoms with Gasteiger partial charge in [0, 0.05) is 18.4 Å². The van der Waals surface area contributed by atoms with Crippen LogP contribution in [0.4, 0.5) is 29.2 Å². The topological polar surface area (TPSA) is 89.7 Å². The van der Waals surface area contributed by atoms with E-state index in [1.54, 1.807) is 0 Å². The number of benzene rings is 1. The molecule has 12 heteroatoms. The minimum absolute atomic E-state index is 0.00271. The molecule has 3 aromatic heterocycles. The zero-order chi connectivity index (χ0) is 25.7. The quantitative estimate of drug-likeness (QED) is 0.400. The maximum absolute atomic E-state index is 14.6. The van der Waals surface area contributed by atoms with Crippen LogP contribution in [0.5, 0.6) is 0 Å². The highest BCUT2D eigenvalue weighted by Crippen LogP contribution is 2.26. The molecule has 4 heterocycles. The van der Waals surface area contributed by atoms with E-state index in [0.29, 0.717) is 10.4 Å². The van der Waals surface area contributed by atoms with Gasteiger partial charge < -0.3 is 10.6 Å². The summed E-state index contributed by atoms with van der Waals surface area (Å²) < 4.78 is 56.3. The van der Waals surface area contributed by atoms with Crippen molar-refractivity contribution >= 4 is 22.7 Å². The smallest absolute Gasteiger partial charge is 0.324 e. The van der Waals surface area contributed by atoms with Gasteiger partial charge in [-0.25, -0.2) is 23.7 Å². The molecule has 0 atom stereocenters. The molecule has 0 radical (unpaired) electrons. The van der Waals surface area contributed by atoms with Gasteiger partial charge in [0.05, 0.1) is 5.69 Å². The number of fused-ring (bicyclic) bond motifs is 2. The predicted molar refractivity (Wildman–Crippen MR) is 126 cm³/mol. The molecule has 8 nitrogen and oxygen atoms in total. The Labute approximate surface area is 203 Å². The Morgan fingerprint density at radius 3 is 2.64 bits per heavy atom.